The van der Waals surface area contributed by atoms with Crippen molar-refractivity contribution in [2.24, 2.45) is 0 Å². The normalized spacial score (nSPS) is 12.0. The summed E-state index contributed by atoms with van der Waals surface area (Å²) >= 11 is 5.26. The van der Waals surface area contributed by atoms with Crippen molar-refractivity contribution in [1.82, 2.24) is 0 Å². The van der Waals surface area contributed by atoms with Crippen molar-refractivity contribution < 1.29 is 4.74 Å². The molecular formula is C25H50I2OSi. The van der Waals surface area contributed by atoms with Gasteiger partial charge in [-0.2, -0.15) is 0 Å². The van der Waals surface area contributed by atoms with Crippen molar-refractivity contribution in [1.29, 1.82) is 0 Å². The molecule has 0 saturated carbocycles. The number of alkyl halides is 2. The van der Waals surface area contributed by atoms with Gasteiger partial charge in [-0.15, -0.1) is 0 Å². The molecule has 0 aromatic heterocycles. The number of ether oxygens (including phenoxy) is 1. The lowest BCUT2D eigenvalue weighted by Crippen LogP contribution is -2.08. The molecule has 0 aromatic carbocycles. The molecule has 0 rings (SSSR count). The highest BCUT2D eigenvalue weighted by atomic mass is 127. The fourth-order valence-electron chi connectivity index (χ4n) is 3.71. The standard InChI is InChI=1S/C25H50I2OSi/c1-24(2)23-28-22-20-18-16-14-12-10-8-6-4-3-5-7-9-11-13-15-17-19-21-25(26,27)29/h1,3-23H2,2,29H3. The van der Waals surface area contributed by atoms with E-state index in [1.807, 2.05) is 6.92 Å². The van der Waals surface area contributed by atoms with Gasteiger partial charge in [-0.05, 0) is 19.8 Å². The molecule has 0 N–H and O–H groups in total. The van der Waals surface area contributed by atoms with Gasteiger partial charge in [0.25, 0.3) is 0 Å². The predicted octanol–water partition coefficient (Wildman–Crippen LogP) is 8.88. The highest BCUT2D eigenvalue weighted by Crippen LogP contribution is 2.29. The van der Waals surface area contributed by atoms with Crippen LogP contribution in [-0.2, 0) is 4.74 Å². The van der Waals surface area contributed by atoms with Crippen molar-refractivity contribution in [2.75, 3.05) is 13.2 Å². The van der Waals surface area contributed by atoms with Gasteiger partial charge in [0.2, 0.25) is 0 Å². The molecule has 0 amide bonds. The molecule has 0 aliphatic carbocycles. The summed E-state index contributed by atoms with van der Waals surface area (Å²) in [4.78, 5) is 0. The lowest BCUT2D eigenvalue weighted by atomic mass is 10.0. The van der Waals surface area contributed by atoms with Crippen LogP contribution in [0.2, 0.25) is 0 Å². The van der Waals surface area contributed by atoms with Crippen LogP contribution < -0.4 is 0 Å². The van der Waals surface area contributed by atoms with E-state index in [-0.39, 0.29) is 0 Å². The lowest BCUT2D eigenvalue weighted by molar-refractivity contribution is 0.151. The monoisotopic (exact) mass is 648 g/mol. The Hall–Kier alpha value is 1.38. The maximum Gasteiger partial charge on any atom is 0.0671 e. The molecule has 4 heteroatoms. The third-order valence-electron chi connectivity index (χ3n) is 5.50. The van der Waals surface area contributed by atoms with E-state index in [9.17, 15) is 0 Å². The van der Waals surface area contributed by atoms with Crippen molar-refractivity contribution in [2.45, 2.75) is 130 Å². The maximum absolute atomic E-state index is 5.54. The molecule has 0 fully saturated rings. The Kier molecular flexibility index (Phi) is 23.6. The SMILES string of the molecule is C=C(C)COCCCCCCCCCCCCCCCCCCCCC([SiH3])(I)I. The van der Waals surface area contributed by atoms with Crippen LogP contribution in [0.4, 0.5) is 0 Å². The number of halogens is 2. The number of hydrogen-bond donors (Lipinski definition) is 0. The second-order valence-corrected chi connectivity index (χ2v) is 21.8. The topological polar surface area (TPSA) is 9.23 Å². The van der Waals surface area contributed by atoms with Crippen LogP contribution >= 0.6 is 45.2 Å². The zero-order chi connectivity index (χ0) is 21.6. The molecule has 0 aliphatic rings. The second-order valence-electron chi connectivity index (χ2n) is 9.19. The molecule has 0 unspecified atom stereocenters. The van der Waals surface area contributed by atoms with Gasteiger partial charge in [-0.25, -0.2) is 0 Å². The van der Waals surface area contributed by atoms with Crippen LogP contribution in [0.3, 0.4) is 0 Å². The van der Waals surface area contributed by atoms with Crippen LogP contribution in [-0.4, -0.2) is 24.5 Å². The quantitative estimate of drug-likeness (QED) is 0.0354. The molecule has 0 radical (unpaired) electrons. The van der Waals surface area contributed by atoms with E-state index in [1.54, 1.807) is 0 Å². The van der Waals surface area contributed by atoms with Crippen molar-refractivity contribution >= 4 is 55.4 Å². The highest BCUT2D eigenvalue weighted by molar-refractivity contribution is 14.2. The molecule has 0 spiro atoms. The summed E-state index contributed by atoms with van der Waals surface area (Å²) < 4.78 is 6.15. The van der Waals surface area contributed by atoms with Crippen LogP contribution in [0.25, 0.3) is 0 Å². The van der Waals surface area contributed by atoms with E-state index in [1.165, 1.54) is 132 Å². The van der Waals surface area contributed by atoms with E-state index in [0.717, 1.165) is 18.8 Å². The lowest BCUT2D eigenvalue weighted by Gasteiger charge is -2.13. The summed E-state index contributed by atoms with van der Waals surface area (Å²) in [5.74, 6) is 0. The van der Waals surface area contributed by atoms with Gasteiger partial charge >= 0.3 is 0 Å². The first-order valence-corrected chi connectivity index (χ1v) is 15.7. The van der Waals surface area contributed by atoms with Crippen LogP contribution in [0, 0.1) is 0 Å². The van der Waals surface area contributed by atoms with E-state index in [2.05, 4.69) is 51.8 Å². The highest BCUT2D eigenvalue weighted by Gasteiger charge is 2.12. The van der Waals surface area contributed by atoms with Gasteiger partial charge in [0.05, 0.1) is 7.66 Å². The minimum atomic E-state index is 0.607. The third-order valence-corrected chi connectivity index (χ3v) is 7.08. The molecule has 0 heterocycles. The molecule has 0 aromatic rings. The number of rotatable bonds is 23. The van der Waals surface area contributed by atoms with Gasteiger partial charge in [0, 0.05) is 16.8 Å². The first-order chi connectivity index (χ1) is 13.9. The molecule has 0 atom stereocenters. The largest absolute Gasteiger partial charge is 0.377 e. The zero-order valence-electron chi connectivity index (χ0n) is 19.7. The third kappa shape index (κ3) is 29.4. The molecule has 29 heavy (non-hydrogen) atoms. The second kappa shape index (κ2) is 22.6. The molecule has 174 valence electrons. The maximum atomic E-state index is 5.54. The molecule has 0 bridgehead atoms. The molecule has 0 saturated heterocycles. The number of unbranched alkanes of at least 4 members (excludes halogenated alkanes) is 17. The number of hydrogen-bond acceptors (Lipinski definition) is 1. The fourth-order valence-corrected chi connectivity index (χ4v) is 4.83. The fraction of sp³-hybridized carbons (Fsp3) is 0.920. The van der Waals surface area contributed by atoms with Crippen LogP contribution in [0.5, 0.6) is 0 Å². The minimum absolute atomic E-state index is 0.607. The Bertz CT molecular complexity index is 355. The smallest absolute Gasteiger partial charge is 0.0671 e. The summed E-state index contributed by atoms with van der Waals surface area (Å²) in [6, 6.07) is 0. The molecule has 0 aliphatic heterocycles. The Morgan fingerprint density at radius 1 is 0.655 bits per heavy atom. The van der Waals surface area contributed by atoms with Crippen molar-refractivity contribution in [3.63, 3.8) is 0 Å². The van der Waals surface area contributed by atoms with Crippen LogP contribution in [0.15, 0.2) is 12.2 Å². The Morgan fingerprint density at radius 2 is 0.966 bits per heavy atom. The average Bonchev–Trinajstić information content (AvgIpc) is 2.64. The summed E-state index contributed by atoms with van der Waals surface area (Å²) in [5, 5.41) is 0. The van der Waals surface area contributed by atoms with Gasteiger partial charge in [0.1, 0.15) is 0 Å². The van der Waals surface area contributed by atoms with Gasteiger partial charge < -0.3 is 4.74 Å². The van der Waals surface area contributed by atoms with E-state index in [0.29, 0.717) is 1.05 Å². The Morgan fingerprint density at radius 3 is 1.28 bits per heavy atom. The Labute approximate surface area is 214 Å². The summed E-state index contributed by atoms with van der Waals surface area (Å²) in [6.45, 7) is 7.53. The first kappa shape index (κ1) is 30.4. The summed E-state index contributed by atoms with van der Waals surface area (Å²) in [5.41, 5.74) is 1.13. The van der Waals surface area contributed by atoms with Crippen molar-refractivity contribution in [3.05, 3.63) is 12.2 Å². The van der Waals surface area contributed by atoms with E-state index in [4.69, 9.17) is 4.74 Å². The summed E-state index contributed by atoms with van der Waals surface area (Å²) in [6.07, 6.45) is 27.2. The van der Waals surface area contributed by atoms with E-state index < -0.39 is 0 Å². The minimum Gasteiger partial charge on any atom is -0.377 e. The Balaban J connectivity index is 3.04. The predicted molar refractivity (Wildman–Crippen MR) is 154 cm³/mol. The van der Waals surface area contributed by atoms with Gasteiger partial charge in [0.15, 0.2) is 0 Å². The van der Waals surface area contributed by atoms with Gasteiger partial charge in [-0.3, -0.25) is 0 Å². The van der Waals surface area contributed by atoms with Crippen LogP contribution in [0.1, 0.15) is 129 Å². The van der Waals surface area contributed by atoms with E-state index >= 15 is 0 Å². The molecular weight excluding hydrogens is 598 g/mol. The first-order valence-electron chi connectivity index (χ1n) is 12.5. The van der Waals surface area contributed by atoms with Gasteiger partial charge in [-0.1, -0.05) is 166 Å². The summed E-state index contributed by atoms with van der Waals surface area (Å²) in [7, 11) is 1.32. The molecule has 1 nitrogen and oxygen atoms in total. The zero-order valence-corrected chi connectivity index (χ0v) is 26.0. The average molecular weight is 649 g/mol. The van der Waals surface area contributed by atoms with Crippen molar-refractivity contribution in [3.8, 4) is 0 Å².